The molecule has 2 rings (SSSR count). The number of hydrogen-bond donors (Lipinski definition) is 2. The lowest BCUT2D eigenvalue weighted by molar-refractivity contribution is -0.127. The van der Waals surface area contributed by atoms with Crippen molar-refractivity contribution in [3.63, 3.8) is 0 Å². The van der Waals surface area contributed by atoms with Gasteiger partial charge in [0.2, 0.25) is 11.8 Å². The first-order valence-corrected chi connectivity index (χ1v) is 9.28. The topological polar surface area (TPSA) is 58.2 Å². The lowest BCUT2D eigenvalue weighted by Gasteiger charge is -2.29. The van der Waals surface area contributed by atoms with Gasteiger partial charge in [-0.25, -0.2) is 0 Å². The fourth-order valence-corrected chi connectivity index (χ4v) is 3.40. The molecule has 5 heteroatoms. The highest BCUT2D eigenvalue weighted by Gasteiger charge is 2.27. The number of nitrogens with one attached hydrogen (secondary N) is 2. The molecule has 1 aliphatic rings. The molecule has 0 bridgehead atoms. The van der Waals surface area contributed by atoms with Crippen LogP contribution >= 0.6 is 15.9 Å². The van der Waals surface area contributed by atoms with Gasteiger partial charge in [-0.3, -0.25) is 9.59 Å². The van der Waals surface area contributed by atoms with Gasteiger partial charge in [0, 0.05) is 28.6 Å². The summed E-state index contributed by atoms with van der Waals surface area (Å²) in [5.41, 5.74) is 0.963. The van der Waals surface area contributed by atoms with Crippen LogP contribution in [0.3, 0.4) is 0 Å². The van der Waals surface area contributed by atoms with E-state index in [2.05, 4.69) is 26.6 Å². The van der Waals surface area contributed by atoms with Crippen LogP contribution < -0.4 is 10.6 Å². The zero-order valence-electron chi connectivity index (χ0n) is 14.2. The zero-order valence-corrected chi connectivity index (χ0v) is 15.8. The first-order valence-electron chi connectivity index (χ1n) is 8.49. The minimum atomic E-state index is -0.110. The SMILES string of the molecule is CC(C)NC(=O)C1CCCC(NC(=O)/C=C/c2ccccc2Br)C1. The molecule has 1 saturated carbocycles. The third-order valence-corrected chi connectivity index (χ3v) is 4.86. The van der Waals surface area contributed by atoms with E-state index in [0.717, 1.165) is 29.3 Å². The number of benzene rings is 1. The van der Waals surface area contributed by atoms with E-state index in [9.17, 15) is 9.59 Å². The second kappa shape index (κ2) is 9.02. The highest BCUT2D eigenvalue weighted by molar-refractivity contribution is 9.10. The van der Waals surface area contributed by atoms with E-state index in [1.807, 2.05) is 38.1 Å². The van der Waals surface area contributed by atoms with Crippen molar-refractivity contribution in [1.29, 1.82) is 0 Å². The van der Waals surface area contributed by atoms with E-state index in [1.165, 1.54) is 0 Å². The molecule has 1 aromatic rings. The average Bonchev–Trinajstić information content (AvgIpc) is 2.54. The van der Waals surface area contributed by atoms with Gasteiger partial charge in [0.05, 0.1) is 0 Å². The molecule has 1 aromatic carbocycles. The maximum Gasteiger partial charge on any atom is 0.244 e. The number of rotatable bonds is 5. The van der Waals surface area contributed by atoms with E-state index in [4.69, 9.17) is 0 Å². The predicted molar refractivity (Wildman–Crippen MR) is 100 cm³/mol. The van der Waals surface area contributed by atoms with Crippen molar-refractivity contribution < 1.29 is 9.59 Å². The van der Waals surface area contributed by atoms with E-state index in [1.54, 1.807) is 12.2 Å². The summed E-state index contributed by atoms with van der Waals surface area (Å²) in [5.74, 6) is -0.00734. The Labute approximate surface area is 152 Å². The molecule has 0 saturated heterocycles. The Hall–Kier alpha value is -1.62. The van der Waals surface area contributed by atoms with Crippen molar-refractivity contribution in [3.8, 4) is 0 Å². The van der Waals surface area contributed by atoms with Crippen molar-refractivity contribution >= 4 is 33.8 Å². The number of amides is 2. The Kier molecular flexibility index (Phi) is 7.03. The van der Waals surface area contributed by atoms with Crippen molar-refractivity contribution in [2.45, 2.75) is 51.6 Å². The molecular weight excluding hydrogens is 368 g/mol. The lowest BCUT2D eigenvalue weighted by atomic mass is 9.85. The molecule has 2 amide bonds. The Balaban J connectivity index is 1.87. The van der Waals surface area contributed by atoms with E-state index in [-0.39, 0.29) is 29.8 Å². The average molecular weight is 393 g/mol. The second-order valence-electron chi connectivity index (χ2n) is 6.59. The Bertz CT molecular complexity index is 613. The number of halogens is 1. The molecular formula is C19H25BrN2O2. The van der Waals surface area contributed by atoms with Crippen LogP contribution in [-0.4, -0.2) is 23.9 Å². The highest BCUT2D eigenvalue weighted by atomic mass is 79.9. The number of carbonyl (C=O) groups excluding carboxylic acids is 2. The zero-order chi connectivity index (χ0) is 17.5. The predicted octanol–water partition coefficient (Wildman–Crippen LogP) is 3.66. The van der Waals surface area contributed by atoms with Crippen LogP contribution in [0.2, 0.25) is 0 Å². The maximum atomic E-state index is 12.1. The smallest absolute Gasteiger partial charge is 0.244 e. The maximum absolute atomic E-state index is 12.1. The molecule has 24 heavy (non-hydrogen) atoms. The molecule has 2 atom stereocenters. The summed E-state index contributed by atoms with van der Waals surface area (Å²) in [4.78, 5) is 24.3. The monoisotopic (exact) mass is 392 g/mol. The Morgan fingerprint density at radius 3 is 2.71 bits per heavy atom. The van der Waals surface area contributed by atoms with Crippen molar-refractivity contribution in [2.24, 2.45) is 5.92 Å². The molecule has 2 N–H and O–H groups in total. The van der Waals surface area contributed by atoms with E-state index < -0.39 is 0 Å². The van der Waals surface area contributed by atoms with Crippen LogP contribution in [0.25, 0.3) is 6.08 Å². The van der Waals surface area contributed by atoms with Gasteiger partial charge in [-0.15, -0.1) is 0 Å². The quantitative estimate of drug-likeness (QED) is 0.751. The Morgan fingerprint density at radius 1 is 1.25 bits per heavy atom. The van der Waals surface area contributed by atoms with Crippen LogP contribution in [0, 0.1) is 5.92 Å². The van der Waals surface area contributed by atoms with Gasteiger partial charge in [0.15, 0.2) is 0 Å². The van der Waals surface area contributed by atoms with Crippen LogP contribution in [0.15, 0.2) is 34.8 Å². The summed E-state index contributed by atoms with van der Waals surface area (Å²) in [7, 11) is 0. The van der Waals surface area contributed by atoms with Gasteiger partial charge >= 0.3 is 0 Å². The third-order valence-electron chi connectivity index (χ3n) is 4.14. The molecule has 4 nitrogen and oxygen atoms in total. The third kappa shape index (κ3) is 5.78. The molecule has 2 unspecified atom stereocenters. The van der Waals surface area contributed by atoms with Crippen molar-refractivity contribution in [1.82, 2.24) is 10.6 Å². The molecule has 0 aromatic heterocycles. The minimum absolute atomic E-state index is 0.00121. The first kappa shape index (κ1) is 18.7. The summed E-state index contributed by atoms with van der Waals surface area (Å²) in [6.45, 7) is 3.93. The van der Waals surface area contributed by atoms with Crippen molar-refractivity contribution in [2.75, 3.05) is 0 Å². The summed E-state index contributed by atoms with van der Waals surface area (Å²) >= 11 is 3.46. The molecule has 130 valence electrons. The fraction of sp³-hybridized carbons (Fsp3) is 0.474. The van der Waals surface area contributed by atoms with Gasteiger partial charge in [-0.05, 0) is 50.8 Å². The van der Waals surface area contributed by atoms with Crippen molar-refractivity contribution in [3.05, 3.63) is 40.4 Å². The van der Waals surface area contributed by atoms with Crippen LogP contribution in [-0.2, 0) is 9.59 Å². The highest BCUT2D eigenvalue weighted by Crippen LogP contribution is 2.24. The van der Waals surface area contributed by atoms with Gasteiger partial charge < -0.3 is 10.6 Å². The lowest BCUT2D eigenvalue weighted by Crippen LogP contribution is -2.43. The first-order chi connectivity index (χ1) is 11.5. The van der Waals surface area contributed by atoms with E-state index in [0.29, 0.717) is 6.42 Å². The van der Waals surface area contributed by atoms with Gasteiger partial charge in [-0.2, -0.15) is 0 Å². The van der Waals surface area contributed by atoms with Crippen LogP contribution in [0.5, 0.6) is 0 Å². The largest absolute Gasteiger partial charge is 0.354 e. The summed E-state index contributed by atoms with van der Waals surface area (Å²) in [6, 6.07) is 7.97. The van der Waals surface area contributed by atoms with E-state index >= 15 is 0 Å². The minimum Gasteiger partial charge on any atom is -0.354 e. The molecule has 0 aliphatic heterocycles. The number of carbonyl (C=O) groups is 2. The molecule has 1 fully saturated rings. The Morgan fingerprint density at radius 2 is 2.00 bits per heavy atom. The van der Waals surface area contributed by atoms with Gasteiger partial charge in [-0.1, -0.05) is 40.5 Å². The second-order valence-corrected chi connectivity index (χ2v) is 7.44. The molecule has 0 spiro atoms. The summed E-state index contributed by atoms with van der Waals surface area (Å²) in [5, 5.41) is 5.99. The van der Waals surface area contributed by atoms with Crippen LogP contribution in [0.1, 0.15) is 45.1 Å². The van der Waals surface area contributed by atoms with Gasteiger partial charge in [0.1, 0.15) is 0 Å². The molecule has 1 aliphatic carbocycles. The normalized spacial score (nSPS) is 21.0. The molecule has 0 radical (unpaired) electrons. The van der Waals surface area contributed by atoms with Crippen LogP contribution in [0.4, 0.5) is 0 Å². The fourth-order valence-electron chi connectivity index (χ4n) is 2.99. The van der Waals surface area contributed by atoms with Gasteiger partial charge in [0.25, 0.3) is 0 Å². The summed E-state index contributed by atoms with van der Waals surface area (Å²) < 4.78 is 0.956. The standard InChI is InChI=1S/C19H25BrN2O2/c1-13(2)21-19(24)15-7-5-8-16(12-15)22-18(23)11-10-14-6-3-4-9-17(14)20/h3-4,6,9-11,13,15-16H,5,7-8,12H2,1-2H3,(H,21,24)(H,22,23)/b11-10+. The summed E-state index contributed by atoms with van der Waals surface area (Å²) in [6.07, 6.45) is 6.86. The number of hydrogen-bond acceptors (Lipinski definition) is 2. The molecule has 0 heterocycles.